The predicted molar refractivity (Wildman–Crippen MR) is 134 cm³/mol. The second-order valence-corrected chi connectivity index (χ2v) is 11.5. The summed E-state index contributed by atoms with van der Waals surface area (Å²) in [5, 5.41) is 0.869. The van der Waals surface area contributed by atoms with Crippen molar-refractivity contribution in [1.82, 2.24) is 0 Å². The number of ether oxygens (including phenoxy) is 2. The first kappa shape index (κ1) is 24.6. The van der Waals surface area contributed by atoms with Crippen molar-refractivity contribution in [1.29, 1.82) is 0 Å². The van der Waals surface area contributed by atoms with Gasteiger partial charge in [-0.05, 0) is 61.1 Å². The Labute approximate surface area is 202 Å². The molecule has 0 amide bonds. The van der Waals surface area contributed by atoms with Crippen molar-refractivity contribution in [3.63, 3.8) is 0 Å². The van der Waals surface area contributed by atoms with Crippen LogP contribution in [0.2, 0.25) is 0 Å². The molecular weight excluding hydrogens is 428 g/mol. The van der Waals surface area contributed by atoms with Gasteiger partial charge in [0, 0.05) is 35.3 Å². The zero-order chi connectivity index (χ0) is 24.7. The second kappa shape index (κ2) is 9.24. The van der Waals surface area contributed by atoms with E-state index in [2.05, 4.69) is 27.4 Å². The third-order valence-corrected chi connectivity index (χ3v) is 8.37. The highest BCUT2D eigenvalue weighted by atomic mass is 16.5. The zero-order valence-corrected chi connectivity index (χ0v) is 21.2. The van der Waals surface area contributed by atoms with Gasteiger partial charge in [-0.2, -0.15) is 0 Å². The summed E-state index contributed by atoms with van der Waals surface area (Å²) in [5.41, 5.74) is 1.29. The van der Waals surface area contributed by atoms with Gasteiger partial charge in [0.1, 0.15) is 17.4 Å². The highest BCUT2D eigenvalue weighted by Gasteiger charge is 2.57. The molecule has 1 aromatic carbocycles. The molecule has 184 valence electrons. The number of carbonyl (C=O) groups excluding carboxylic acids is 1. The fraction of sp³-hybridized carbons (Fsp3) is 0.586. The average molecular weight is 467 g/mol. The van der Waals surface area contributed by atoms with Gasteiger partial charge in [-0.25, -0.2) is 4.79 Å². The average Bonchev–Trinajstić information content (AvgIpc) is 2.74. The van der Waals surface area contributed by atoms with Crippen molar-refractivity contribution in [2.75, 3.05) is 6.61 Å². The molecule has 0 unspecified atom stereocenters. The van der Waals surface area contributed by atoms with Crippen molar-refractivity contribution < 1.29 is 18.7 Å². The van der Waals surface area contributed by atoms with E-state index in [-0.39, 0.29) is 34.4 Å². The lowest BCUT2D eigenvalue weighted by Gasteiger charge is -2.59. The number of fused-ring (bicyclic) bond motifs is 2. The summed E-state index contributed by atoms with van der Waals surface area (Å²) in [6.07, 6.45) is 4.24. The van der Waals surface area contributed by atoms with Crippen LogP contribution in [0.4, 0.5) is 0 Å². The van der Waals surface area contributed by atoms with E-state index in [9.17, 15) is 9.59 Å². The smallest absolute Gasteiger partial charge is 0.336 e. The molecule has 1 heterocycles. The van der Waals surface area contributed by atoms with Crippen molar-refractivity contribution in [3.05, 3.63) is 52.9 Å². The first-order valence-electron chi connectivity index (χ1n) is 12.5. The highest BCUT2D eigenvalue weighted by Crippen LogP contribution is 2.61. The lowest BCUT2D eigenvalue weighted by molar-refractivity contribution is -0.178. The molecule has 0 bridgehead atoms. The van der Waals surface area contributed by atoms with Crippen LogP contribution in [0.1, 0.15) is 66.7 Å². The topological polar surface area (TPSA) is 65.7 Å². The first-order valence-corrected chi connectivity index (χ1v) is 12.5. The summed E-state index contributed by atoms with van der Waals surface area (Å²) in [6, 6.07) is 8.80. The van der Waals surface area contributed by atoms with E-state index in [1.54, 1.807) is 12.1 Å². The van der Waals surface area contributed by atoms with Crippen LogP contribution < -0.4 is 10.4 Å². The van der Waals surface area contributed by atoms with Crippen LogP contribution in [0.15, 0.2) is 51.7 Å². The predicted octanol–water partition coefficient (Wildman–Crippen LogP) is 6.54. The lowest BCUT2D eigenvalue weighted by Crippen LogP contribution is -2.56. The Balaban J connectivity index is 1.51. The van der Waals surface area contributed by atoms with E-state index in [4.69, 9.17) is 13.9 Å². The fourth-order valence-electron chi connectivity index (χ4n) is 6.52. The summed E-state index contributed by atoms with van der Waals surface area (Å²) in [6.45, 7) is 15.9. The van der Waals surface area contributed by atoms with Gasteiger partial charge in [0.2, 0.25) is 0 Å². The van der Waals surface area contributed by atoms with Crippen molar-refractivity contribution in [2.24, 2.45) is 28.6 Å². The van der Waals surface area contributed by atoms with Crippen molar-refractivity contribution in [2.45, 2.75) is 72.8 Å². The van der Waals surface area contributed by atoms with E-state index < -0.39 is 0 Å². The van der Waals surface area contributed by atoms with E-state index in [1.165, 1.54) is 11.6 Å². The van der Waals surface area contributed by atoms with Gasteiger partial charge in [-0.1, -0.05) is 46.8 Å². The number of esters is 1. The molecule has 4 atom stereocenters. The lowest BCUT2D eigenvalue weighted by atomic mass is 9.47. The summed E-state index contributed by atoms with van der Waals surface area (Å²) < 4.78 is 17.6. The summed E-state index contributed by atoms with van der Waals surface area (Å²) in [4.78, 5) is 24.1. The Kier molecular flexibility index (Phi) is 6.67. The molecule has 5 heteroatoms. The van der Waals surface area contributed by atoms with Gasteiger partial charge in [0.25, 0.3) is 0 Å². The Morgan fingerprint density at radius 1 is 1.18 bits per heavy atom. The number of hydrogen-bond donors (Lipinski definition) is 0. The largest absolute Gasteiger partial charge is 0.493 e. The van der Waals surface area contributed by atoms with Gasteiger partial charge in [-0.3, -0.25) is 4.79 Å². The van der Waals surface area contributed by atoms with Crippen molar-refractivity contribution in [3.8, 4) is 5.75 Å². The van der Waals surface area contributed by atoms with Crippen molar-refractivity contribution >= 4 is 16.9 Å². The molecule has 5 nitrogen and oxygen atoms in total. The van der Waals surface area contributed by atoms with Gasteiger partial charge in [-0.15, -0.1) is 0 Å². The Bertz CT molecular complexity index is 1130. The Morgan fingerprint density at radius 2 is 1.91 bits per heavy atom. The number of hydrogen-bond acceptors (Lipinski definition) is 5. The normalized spacial score (nSPS) is 28.5. The third kappa shape index (κ3) is 4.67. The van der Waals surface area contributed by atoms with Gasteiger partial charge in [0.15, 0.2) is 0 Å². The number of benzene rings is 1. The minimum Gasteiger partial charge on any atom is -0.493 e. The minimum atomic E-state index is -0.367. The van der Waals surface area contributed by atoms with E-state index >= 15 is 0 Å². The van der Waals surface area contributed by atoms with Crippen LogP contribution in [0.3, 0.4) is 0 Å². The van der Waals surface area contributed by atoms with Crippen LogP contribution in [0.5, 0.6) is 5.75 Å². The monoisotopic (exact) mass is 466 g/mol. The molecule has 34 heavy (non-hydrogen) atoms. The second-order valence-electron chi connectivity index (χ2n) is 11.5. The summed E-state index contributed by atoms with van der Waals surface area (Å²) in [7, 11) is 0. The van der Waals surface area contributed by atoms with Gasteiger partial charge < -0.3 is 13.9 Å². The standard InChI is InChI=1S/C29H38O5/c1-18(2)15-27(31)34-25-13-14-29(6)22(19(3)7-11-24(29)28(25,4)5)17-32-21-10-8-20-9-12-26(30)33-23(20)16-21/h8-10,12,16,18,22,24-25H,3,7,11,13-15,17H2,1-2,4-6H3/t22-,24-,25-,29+/m1/s1. The highest BCUT2D eigenvalue weighted by molar-refractivity contribution is 5.77. The minimum absolute atomic E-state index is 0.0171. The fourth-order valence-corrected chi connectivity index (χ4v) is 6.52. The quantitative estimate of drug-likeness (QED) is 0.275. The Morgan fingerprint density at radius 3 is 2.65 bits per heavy atom. The van der Waals surface area contributed by atoms with E-state index in [0.29, 0.717) is 36.2 Å². The van der Waals surface area contributed by atoms with Crippen LogP contribution >= 0.6 is 0 Å². The van der Waals surface area contributed by atoms with Crippen LogP contribution in [0.25, 0.3) is 11.0 Å². The molecule has 2 aromatic rings. The molecule has 0 saturated heterocycles. The molecule has 0 N–H and O–H groups in total. The maximum absolute atomic E-state index is 12.5. The molecule has 0 aliphatic heterocycles. The molecule has 2 aliphatic rings. The summed E-state index contributed by atoms with van der Waals surface area (Å²) in [5.74, 6) is 1.51. The summed E-state index contributed by atoms with van der Waals surface area (Å²) >= 11 is 0. The maximum atomic E-state index is 12.5. The van der Waals surface area contributed by atoms with Gasteiger partial charge >= 0.3 is 11.6 Å². The molecular formula is C29H38O5. The molecule has 0 radical (unpaired) electrons. The SMILES string of the molecule is C=C1CC[C@@H]2C(C)(C)[C@H](OC(=O)CC(C)C)CC[C@@]2(C)[C@@H]1COc1ccc2ccc(=O)oc2c1. The molecule has 4 rings (SSSR count). The van der Waals surface area contributed by atoms with E-state index in [1.807, 2.05) is 26.0 Å². The molecule has 2 saturated carbocycles. The third-order valence-electron chi connectivity index (χ3n) is 8.37. The first-order chi connectivity index (χ1) is 16.0. The molecule has 2 aliphatic carbocycles. The van der Waals surface area contributed by atoms with Crippen LogP contribution in [0, 0.1) is 28.6 Å². The van der Waals surface area contributed by atoms with Gasteiger partial charge in [0.05, 0.1) is 6.61 Å². The molecule has 1 aromatic heterocycles. The zero-order valence-electron chi connectivity index (χ0n) is 21.2. The van der Waals surface area contributed by atoms with Crippen LogP contribution in [-0.4, -0.2) is 18.7 Å². The molecule has 0 spiro atoms. The molecule has 2 fully saturated rings. The van der Waals surface area contributed by atoms with E-state index in [0.717, 1.165) is 31.1 Å². The maximum Gasteiger partial charge on any atom is 0.336 e. The number of rotatable bonds is 6. The number of carbonyl (C=O) groups is 1. The Hall–Kier alpha value is -2.56. The van der Waals surface area contributed by atoms with Crippen LogP contribution in [-0.2, 0) is 9.53 Å².